The maximum absolute atomic E-state index is 11.6. The predicted molar refractivity (Wildman–Crippen MR) is 78.3 cm³/mol. The zero-order valence-corrected chi connectivity index (χ0v) is 13.0. The van der Waals surface area contributed by atoms with Crippen LogP contribution in [0.1, 0.15) is 59.3 Å². The molecule has 2 atom stereocenters. The van der Waals surface area contributed by atoms with E-state index in [0.717, 1.165) is 19.4 Å². The van der Waals surface area contributed by atoms with Crippen molar-refractivity contribution in [2.24, 2.45) is 0 Å². The molecule has 0 aromatic carbocycles. The smallest absolute Gasteiger partial charge is 0.325 e. The number of esters is 1. The monoisotopic (exact) mass is 273 g/mol. The lowest BCUT2D eigenvalue weighted by molar-refractivity contribution is -0.145. The summed E-state index contributed by atoms with van der Waals surface area (Å²) in [5, 5.41) is 3.15. The summed E-state index contributed by atoms with van der Waals surface area (Å²) in [4.78, 5) is 11.6. The minimum atomic E-state index is -0.344. The summed E-state index contributed by atoms with van der Waals surface area (Å²) in [6.07, 6.45) is 7.24. The van der Waals surface area contributed by atoms with E-state index in [4.69, 9.17) is 9.47 Å². The van der Waals surface area contributed by atoms with Gasteiger partial charge in [0.25, 0.3) is 0 Å². The van der Waals surface area contributed by atoms with Crippen molar-refractivity contribution in [3.8, 4) is 0 Å². The molecule has 0 rings (SSSR count). The SMILES string of the molecule is CCCCCCC(C)OCC(NCCC)C(=O)OC. The zero-order valence-electron chi connectivity index (χ0n) is 13.0. The molecule has 1 N–H and O–H groups in total. The van der Waals surface area contributed by atoms with Crippen LogP contribution in [0.3, 0.4) is 0 Å². The van der Waals surface area contributed by atoms with Gasteiger partial charge in [-0.05, 0) is 26.3 Å². The second-order valence-electron chi connectivity index (χ2n) is 5.02. The van der Waals surface area contributed by atoms with Gasteiger partial charge in [0.2, 0.25) is 0 Å². The van der Waals surface area contributed by atoms with Gasteiger partial charge in [-0.3, -0.25) is 4.79 Å². The molecule has 2 unspecified atom stereocenters. The predicted octanol–water partition coefficient (Wildman–Crippen LogP) is 2.90. The average molecular weight is 273 g/mol. The standard InChI is InChI=1S/C15H31NO3/c1-5-7-8-9-10-13(3)19-12-14(15(17)18-4)16-11-6-2/h13-14,16H,5-12H2,1-4H3. The van der Waals surface area contributed by atoms with E-state index in [0.29, 0.717) is 6.61 Å². The third-order valence-electron chi connectivity index (χ3n) is 3.14. The molecule has 0 amide bonds. The van der Waals surface area contributed by atoms with Crippen molar-refractivity contribution in [2.45, 2.75) is 71.4 Å². The number of carbonyl (C=O) groups is 1. The Morgan fingerprint density at radius 2 is 1.89 bits per heavy atom. The Bertz CT molecular complexity index is 221. The van der Waals surface area contributed by atoms with Crippen LogP contribution in [0.25, 0.3) is 0 Å². The molecule has 0 aromatic rings. The van der Waals surface area contributed by atoms with Crippen LogP contribution in [-0.4, -0.2) is 38.4 Å². The fourth-order valence-electron chi connectivity index (χ4n) is 1.87. The lowest BCUT2D eigenvalue weighted by atomic mass is 10.1. The highest BCUT2D eigenvalue weighted by molar-refractivity contribution is 5.75. The second kappa shape index (κ2) is 12.4. The number of carbonyl (C=O) groups excluding carboxylic acids is 1. The lowest BCUT2D eigenvalue weighted by Gasteiger charge is -2.19. The van der Waals surface area contributed by atoms with Crippen LogP contribution in [-0.2, 0) is 14.3 Å². The van der Waals surface area contributed by atoms with E-state index in [9.17, 15) is 4.79 Å². The van der Waals surface area contributed by atoms with Crippen LogP contribution in [0.2, 0.25) is 0 Å². The van der Waals surface area contributed by atoms with E-state index in [1.807, 2.05) is 0 Å². The van der Waals surface area contributed by atoms with Gasteiger partial charge >= 0.3 is 5.97 Å². The summed E-state index contributed by atoms with van der Waals surface area (Å²) in [7, 11) is 1.41. The van der Waals surface area contributed by atoms with Gasteiger partial charge in [-0.25, -0.2) is 0 Å². The van der Waals surface area contributed by atoms with Crippen LogP contribution >= 0.6 is 0 Å². The van der Waals surface area contributed by atoms with Crippen molar-refractivity contribution < 1.29 is 14.3 Å². The second-order valence-corrected chi connectivity index (χ2v) is 5.02. The van der Waals surface area contributed by atoms with Gasteiger partial charge in [0, 0.05) is 0 Å². The average Bonchev–Trinajstić information content (AvgIpc) is 2.43. The van der Waals surface area contributed by atoms with Crippen molar-refractivity contribution in [1.29, 1.82) is 0 Å². The maximum atomic E-state index is 11.6. The molecule has 0 saturated heterocycles. The van der Waals surface area contributed by atoms with Crippen molar-refractivity contribution in [1.82, 2.24) is 5.32 Å². The molecule has 0 aliphatic rings. The number of hydrogen-bond acceptors (Lipinski definition) is 4. The summed E-state index contributed by atoms with van der Waals surface area (Å²) in [5.74, 6) is -0.244. The topological polar surface area (TPSA) is 47.6 Å². The minimum Gasteiger partial charge on any atom is -0.468 e. The molecule has 0 spiro atoms. The number of rotatable bonds is 12. The molecule has 4 heteroatoms. The molecule has 4 nitrogen and oxygen atoms in total. The summed E-state index contributed by atoms with van der Waals surface area (Å²) in [6, 6.07) is -0.344. The first-order valence-corrected chi connectivity index (χ1v) is 7.58. The Kier molecular flexibility index (Phi) is 12.0. The Balaban J connectivity index is 3.85. The lowest BCUT2D eigenvalue weighted by Crippen LogP contribution is -2.42. The van der Waals surface area contributed by atoms with E-state index in [2.05, 4.69) is 26.1 Å². The molecular weight excluding hydrogens is 242 g/mol. The molecule has 0 saturated carbocycles. The van der Waals surface area contributed by atoms with Crippen LogP contribution < -0.4 is 5.32 Å². The minimum absolute atomic E-state index is 0.201. The molecule has 114 valence electrons. The van der Waals surface area contributed by atoms with Gasteiger partial charge in [0.1, 0.15) is 6.04 Å². The highest BCUT2D eigenvalue weighted by atomic mass is 16.5. The fourth-order valence-corrected chi connectivity index (χ4v) is 1.87. The molecule has 0 fully saturated rings. The first kappa shape index (κ1) is 18.4. The van der Waals surface area contributed by atoms with Gasteiger partial charge in [0.15, 0.2) is 0 Å². The Labute approximate surface area is 118 Å². The summed E-state index contributed by atoms with van der Waals surface area (Å²) < 4.78 is 10.5. The summed E-state index contributed by atoms with van der Waals surface area (Å²) >= 11 is 0. The quantitative estimate of drug-likeness (QED) is 0.439. The van der Waals surface area contributed by atoms with Crippen molar-refractivity contribution in [3.63, 3.8) is 0 Å². The third kappa shape index (κ3) is 9.91. The van der Waals surface area contributed by atoms with E-state index < -0.39 is 0 Å². The highest BCUT2D eigenvalue weighted by Gasteiger charge is 2.19. The number of ether oxygens (including phenoxy) is 2. The largest absolute Gasteiger partial charge is 0.468 e. The maximum Gasteiger partial charge on any atom is 0.325 e. The Hall–Kier alpha value is -0.610. The van der Waals surface area contributed by atoms with Gasteiger partial charge in [-0.15, -0.1) is 0 Å². The van der Waals surface area contributed by atoms with E-state index in [1.54, 1.807) is 0 Å². The molecule has 19 heavy (non-hydrogen) atoms. The number of methoxy groups -OCH3 is 1. The van der Waals surface area contributed by atoms with Gasteiger partial charge in [-0.1, -0.05) is 39.5 Å². The molecule has 0 bridgehead atoms. The molecular formula is C15H31NO3. The van der Waals surface area contributed by atoms with Gasteiger partial charge < -0.3 is 14.8 Å². The molecule has 0 aliphatic carbocycles. The molecule has 0 aromatic heterocycles. The zero-order chi connectivity index (χ0) is 14.5. The highest BCUT2D eigenvalue weighted by Crippen LogP contribution is 2.08. The van der Waals surface area contributed by atoms with E-state index >= 15 is 0 Å². The number of unbranched alkanes of at least 4 members (excludes halogenated alkanes) is 3. The number of nitrogens with one attached hydrogen (secondary N) is 1. The Morgan fingerprint density at radius 3 is 2.47 bits per heavy atom. The molecule has 0 heterocycles. The van der Waals surface area contributed by atoms with E-state index in [1.165, 1.54) is 32.8 Å². The normalized spacial score (nSPS) is 14.1. The van der Waals surface area contributed by atoms with Crippen molar-refractivity contribution in [2.75, 3.05) is 20.3 Å². The van der Waals surface area contributed by atoms with E-state index in [-0.39, 0.29) is 18.1 Å². The van der Waals surface area contributed by atoms with Crippen LogP contribution in [0.4, 0.5) is 0 Å². The summed E-state index contributed by atoms with van der Waals surface area (Å²) in [5.41, 5.74) is 0. The van der Waals surface area contributed by atoms with Crippen LogP contribution in [0.15, 0.2) is 0 Å². The fraction of sp³-hybridized carbons (Fsp3) is 0.933. The molecule has 0 aliphatic heterocycles. The van der Waals surface area contributed by atoms with Gasteiger partial charge in [-0.2, -0.15) is 0 Å². The van der Waals surface area contributed by atoms with Crippen LogP contribution in [0, 0.1) is 0 Å². The van der Waals surface area contributed by atoms with Gasteiger partial charge in [0.05, 0.1) is 19.8 Å². The first-order valence-electron chi connectivity index (χ1n) is 7.58. The third-order valence-corrected chi connectivity index (χ3v) is 3.14. The first-order chi connectivity index (χ1) is 9.15. The molecule has 0 radical (unpaired) electrons. The Morgan fingerprint density at radius 1 is 1.16 bits per heavy atom. The van der Waals surface area contributed by atoms with Crippen LogP contribution in [0.5, 0.6) is 0 Å². The number of hydrogen-bond donors (Lipinski definition) is 1. The summed E-state index contributed by atoms with van der Waals surface area (Å²) in [6.45, 7) is 7.54. The van der Waals surface area contributed by atoms with Crippen molar-refractivity contribution >= 4 is 5.97 Å². The van der Waals surface area contributed by atoms with Crippen molar-refractivity contribution in [3.05, 3.63) is 0 Å².